The van der Waals surface area contributed by atoms with Gasteiger partial charge < -0.3 is 15.2 Å². The third-order valence-corrected chi connectivity index (χ3v) is 7.21. The first-order valence-corrected chi connectivity index (χ1v) is 11.8. The van der Waals surface area contributed by atoms with Crippen LogP contribution in [0.25, 0.3) is 5.82 Å². The first-order valence-electron chi connectivity index (χ1n) is 11.4. The second kappa shape index (κ2) is 10.3. The molecule has 2 aliphatic rings. The standard InChI is InChI=1S/C22H26ClF4N5O3/c1-35-17-5-2-11(20(33)34)8-13(17)14-10-28-21(29-12-3-4-16(24)15(23)9-12)30-19(14)32-7-6-18(31-32)22(25,26)27/h6-7,10-13,15-17H,2-5,8-9H2,1H3,(H,33,34)(H,28,29,30). The van der Waals surface area contributed by atoms with Crippen LogP contribution in [-0.2, 0) is 15.7 Å². The van der Waals surface area contributed by atoms with Gasteiger partial charge in [0.25, 0.3) is 0 Å². The van der Waals surface area contributed by atoms with E-state index in [0.717, 1.165) is 16.9 Å². The number of hydrogen-bond donors (Lipinski definition) is 2. The molecule has 2 saturated carbocycles. The molecule has 6 atom stereocenters. The monoisotopic (exact) mass is 519 g/mol. The van der Waals surface area contributed by atoms with Crippen molar-refractivity contribution in [2.75, 3.05) is 12.4 Å². The lowest BCUT2D eigenvalue weighted by Gasteiger charge is -2.34. The van der Waals surface area contributed by atoms with Gasteiger partial charge in [0.05, 0.1) is 17.4 Å². The molecule has 2 aliphatic carbocycles. The number of nitrogens with zero attached hydrogens (tertiary/aromatic N) is 4. The maximum absolute atomic E-state index is 13.7. The molecule has 35 heavy (non-hydrogen) atoms. The predicted octanol–water partition coefficient (Wildman–Crippen LogP) is 4.57. The van der Waals surface area contributed by atoms with E-state index < -0.39 is 41.2 Å². The molecular weight excluding hydrogens is 494 g/mol. The van der Waals surface area contributed by atoms with Crippen molar-refractivity contribution < 1.29 is 32.2 Å². The largest absolute Gasteiger partial charge is 0.481 e. The van der Waals surface area contributed by atoms with Gasteiger partial charge in [0.15, 0.2) is 11.5 Å². The second-order valence-corrected chi connectivity index (χ2v) is 9.59. The van der Waals surface area contributed by atoms with Crippen molar-refractivity contribution >= 4 is 23.5 Å². The number of carboxylic acids is 1. The van der Waals surface area contributed by atoms with Crippen molar-refractivity contribution in [1.82, 2.24) is 19.7 Å². The van der Waals surface area contributed by atoms with Crippen LogP contribution in [0.15, 0.2) is 18.5 Å². The summed E-state index contributed by atoms with van der Waals surface area (Å²) >= 11 is 6.06. The molecule has 0 spiro atoms. The molecule has 0 radical (unpaired) electrons. The molecule has 192 valence electrons. The van der Waals surface area contributed by atoms with Crippen LogP contribution in [0.5, 0.6) is 0 Å². The van der Waals surface area contributed by atoms with Crippen LogP contribution in [0.4, 0.5) is 23.5 Å². The summed E-state index contributed by atoms with van der Waals surface area (Å²) in [4.78, 5) is 20.5. The number of methoxy groups -OCH3 is 1. The van der Waals surface area contributed by atoms with Gasteiger partial charge in [0, 0.05) is 37.0 Å². The number of aliphatic carboxylic acids is 1. The van der Waals surface area contributed by atoms with Crippen LogP contribution >= 0.6 is 11.6 Å². The Morgan fingerprint density at radius 2 is 2.03 bits per heavy atom. The number of aromatic nitrogens is 4. The Balaban J connectivity index is 1.71. The summed E-state index contributed by atoms with van der Waals surface area (Å²) in [5.41, 5.74) is -0.647. The van der Waals surface area contributed by atoms with Gasteiger partial charge >= 0.3 is 12.1 Å². The van der Waals surface area contributed by atoms with E-state index in [1.807, 2.05) is 0 Å². The highest BCUT2D eigenvalue weighted by atomic mass is 35.5. The number of nitrogens with one attached hydrogen (secondary N) is 1. The molecule has 4 rings (SSSR count). The lowest BCUT2D eigenvalue weighted by atomic mass is 9.76. The fraction of sp³-hybridized carbons (Fsp3) is 0.636. The van der Waals surface area contributed by atoms with Gasteiger partial charge in [-0.25, -0.2) is 14.1 Å². The molecule has 0 bridgehead atoms. The third-order valence-electron chi connectivity index (χ3n) is 6.76. The fourth-order valence-electron chi connectivity index (χ4n) is 4.86. The highest BCUT2D eigenvalue weighted by Gasteiger charge is 2.38. The summed E-state index contributed by atoms with van der Waals surface area (Å²) in [6.07, 6.45) is -1.24. The van der Waals surface area contributed by atoms with Gasteiger partial charge in [0.1, 0.15) is 6.17 Å². The molecule has 8 nitrogen and oxygen atoms in total. The highest BCUT2D eigenvalue weighted by molar-refractivity contribution is 6.21. The summed E-state index contributed by atoms with van der Waals surface area (Å²) in [5.74, 6) is -1.80. The molecule has 0 amide bonds. The first-order chi connectivity index (χ1) is 16.6. The molecule has 0 aliphatic heterocycles. The zero-order valence-electron chi connectivity index (χ0n) is 18.9. The topological polar surface area (TPSA) is 102 Å². The highest BCUT2D eigenvalue weighted by Crippen LogP contribution is 2.40. The van der Waals surface area contributed by atoms with E-state index in [1.54, 1.807) is 0 Å². The molecule has 6 unspecified atom stereocenters. The molecule has 13 heteroatoms. The SMILES string of the molecule is COC1CCC(C(=O)O)CC1c1cnc(NC2CCC(F)C(Cl)C2)nc1-n1ccc(C(F)(F)F)n1. The average molecular weight is 520 g/mol. The fourth-order valence-corrected chi connectivity index (χ4v) is 5.20. The molecular formula is C22H26ClF4N5O3. The maximum atomic E-state index is 13.7. The average Bonchev–Trinajstić information content (AvgIpc) is 3.32. The van der Waals surface area contributed by atoms with Crippen LogP contribution in [-0.4, -0.2) is 61.6 Å². The van der Waals surface area contributed by atoms with Crippen molar-refractivity contribution in [3.8, 4) is 5.82 Å². The zero-order chi connectivity index (χ0) is 25.3. The minimum absolute atomic E-state index is 0.0951. The molecule has 0 saturated heterocycles. The van der Waals surface area contributed by atoms with Gasteiger partial charge in [-0.05, 0) is 44.6 Å². The molecule has 2 heterocycles. The number of hydrogen-bond acceptors (Lipinski definition) is 6. The third kappa shape index (κ3) is 5.69. The Kier molecular flexibility index (Phi) is 7.51. The van der Waals surface area contributed by atoms with E-state index in [1.165, 1.54) is 13.3 Å². The summed E-state index contributed by atoms with van der Waals surface area (Å²) in [6, 6.07) is 0.637. The molecule has 2 N–H and O–H groups in total. The summed E-state index contributed by atoms with van der Waals surface area (Å²) in [5, 5.41) is 15.7. The normalized spacial score (nSPS) is 29.7. The molecule has 2 fully saturated rings. The van der Waals surface area contributed by atoms with Gasteiger partial charge in [-0.2, -0.15) is 23.3 Å². The first kappa shape index (κ1) is 25.6. The molecule has 2 aromatic heterocycles. The van der Waals surface area contributed by atoms with Crippen LogP contribution in [0.3, 0.4) is 0 Å². The molecule has 2 aromatic rings. The van der Waals surface area contributed by atoms with E-state index in [-0.39, 0.29) is 36.8 Å². The van der Waals surface area contributed by atoms with Crippen molar-refractivity contribution in [3.05, 3.63) is 29.7 Å². The Morgan fingerprint density at radius 3 is 2.66 bits per heavy atom. The number of anilines is 1. The Labute approximate surface area is 204 Å². The number of alkyl halides is 5. The Bertz CT molecular complexity index is 1050. The Morgan fingerprint density at radius 1 is 1.26 bits per heavy atom. The minimum Gasteiger partial charge on any atom is -0.481 e. The van der Waals surface area contributed by atoms with Crippen LogP contribution < -0.4 is 5.32 Å². The van der Waals surface area contributed by atoms with Gasteiger partial charge in [-0.1, -0.05) is 0 Å². The van der Waals surface area contributed by atoms with Crippen molar-refractivity contribution in [2.45, 2.75) is 74.3 Å². The summed E-state index contributed by atoms with van der Waals surface area (Å²) < 4.78 is 60.1. The van der Waals surface area contributed by atoms with Crippen molar-refractivity contribution in [1.29, 1.82) is 0 Å². The van der Waals surface area contributed by atoms with E-state index in [9.17, 15) is 27.5 Å². The maximum Gasteiger partial charge on any atom is 0.435 e. The number of carboxylic acid groups (broad SMARTS) is 1. The van der Waals surface area contributed by atoms with Crippen LogP contribution in [0.2, 0.25) is 0 Å². The van der Waals surface area contributed by atoms with Crippen molar-refractivity contribution in [3.63, 3.8) is 0 Å². The molecule has 0 aromatic carbocycles. The van der Waals surface area contributed by atoms with Gasteiger partial charge in [-0.15, -0.1) is 11.6 Å². The van der Waals surface area contributed by atoms with E-state index in [2.05, 4.69) is 20.4 Å². The lowest BCUT2D eigenvalue weighted by molar-refractivity contribution is -0.144. The number of carbonyl (C=O) groups is 1. The van der Waals surface area contributed by atoms with E-state index in [4.69, 9.17) is 16.3 Å². The van der Waals surface area contributed by atoms with Gasteiger partial charge in [0.2, 0.25) is 5.95 Å². The zero-order valence-corrected chi connectivity index (χ0v) is 19.6. The number of halogens is 5. The lowest BCUT2D eigenvalue weighted by Crippen LogP contribution is -2.35. The van der Waals surface area contributed by atoms with Gasteiger partial charge in [-0.3, -0.25) is 4.79 Å². The Hall–Kier alpha value is -2.47. The smallest absolute Gasteiger partial charge is 0.435 e. The summed E-state index contributed by atoms with van der Waals surface area (Å²) in [7, 11) is 1.51. The van der Waals surface area contributed by atoms with Crippen molar-refractivity contribution in [2.24, 2.45) is 5.92 Å². The van der Waals surface area contributed by atoms with Crippen LogP contribution in [0.1, 0.15) is 55.7 Å². The quantitative estimate of drug-likeness (QED) is 0.425. The minimum atomic E-state index is -4.64. The number of ether oxygens (including phenoxy) is 1. The van der Waals surface area contributed by atoms with Crippen LogP contribution in [0, 0.1) is 5.92 Å². The summed E-state index contributed by atoms with van der Waals surface area (Å²) in [6.45, 7) is 0. The van der Waals surface area contributed by atoms with E-state index >= 15 is 0 Å². The second-order valence-electron chi connectivity index (χ2n) is 9.03. The number of rotatable bonds is 6. The predicted molar refractivity (Wildman–Crippen MR) is 118 cm³/mol. The van der Waals surface area contributed by atoms with E-state index in [0.29, 0.717) is 31.2 Å².